The number of rotatable bonds is 5. The van der Waals surface area contributed by atoms with E-state index in [1.807, 2.05) is 31.2 Å². The fourth-order valence-corrected chi connectivity index (χ4v) is 4.02. The molecule has 0 spiro atoms. The van der Waals surface area contributed by atoms with Gasteiger partial charge in [0, 0.05) is 18.9 Å². The molecule has 1 atom stereocenters. The number of likely N-dealkylation sites (tertiary alicyclic amines) is 1. The summed E-state index contributed by atoms with van der Waals surface area (Å²) in [6.45, 7) is 3.92. The zero-order valence-corrected chi connectivity index (χ0v) is 15.9. The molecule has 0 bridgehead atoms. The van der Waals surface area contributed by atoms with Crippen molar-refractivity contribution in [1.82, 2.24) is 14.9 Å². The highest BCUT2D eigenvalue weighted by Crippen LogP contribution is 2.33. The van der Waals surface area contributed by atoms with Gasteiger partial charge in [-0.2, -0.15) is 0 Å². The van der Waals surface area contributed by atoms with Gasteiger partial charge in [-0.15, -0.1) is 0 Å². The number of carboxylic acid groups (broad SMARTS) is 1. The Hall–Kier alpha value is -3.05. The maximum Gasteiger partial charge on any atom is 0.336 e. The summed E-state index contributed by atoms with van der Waals surface area (Å²) in [5.41, 5.74) is 5.28. The summed E-state index contributed by atoms with van der Waals surface area (Å²) in [5.74, 6) is -0.904. The minimum atomic E-state index is -0.904. The van der Waals surface area contributed by atoms with Crippen LogP contribution in [0.25, 0.3) is 11.1 Å². The number of carbonyl (C=O) groups is 1. The van der Waals surface area contributed by atoms with Crippen LogP contribution in [-0.2, 0) is 6.54 Å². The fraction of sp³-hybridized carbons (Fsp3) is 0.261. The molecule has 1 aliphatic rings. The molecule has 1 N–H and O–H groups in total. The van der Waals surface area contributed by atoms with Crippen molar-refractivity contribution in [3.05, 3.63) is 83.4 Å². The van der Waals surface area contributed by atoms with E-state index >= 15 is 0 Å². The minimum Gasteiger partial charge on any atom is -0.478 e. The Morgan fingerprint density at radius 3 is 2.61 bits per heavy atom. The first-order chi connectivity index (χ1) is 13.6. The Kier molecular flexibility index (Phi) is 5.17. The summed E-state index contributed by atoms with van der Waals surface area (Å²) in [6.07, 6.45) is 5.77. The van der Waals surface area contributed by atoms with Gasteiger partial charge in [0.2, 0.25) is 0 Å². The second kappa shape index (κ2) is 7.90. The second-order valence-corrected chi connectivity index (χ2v) is 7.20. The highest BCUT2D eigenvalue weighted by atomic mass is 16.4. The lowest BCUT2D eigenvalue weighted by Crippen LogP contribution is -2.24. The van der Waals surface area contributed by atoms with Crippen LogP contribution in [0.5, 0.6) is 0 Å². The predicted octanol–water partition coefficient (Wildman–Crippen LogP) is 4.49. The van der Waals surface area contributed by atoms with E-state index < -0.39 is 5.97 Å². The van der Waals surface area contributed by atoms with Crippen LogP contribution in [0.2, 0.25) is 0 Å². The number of hydrogen-bond acceptors (Lipinski definition) is 4. The topological polar surface area (TPSA) is 66.3 Å². The van der Waals surface area contributed by atoms with E-state index in [0.717, 1.165) is 48.4 Å². The van der Waals surface area contributed by atoms with Gasteiger partial charge in [-0.1, -0.05) is 42.5 Å². The van der Waals surface area contributed by atoms with Crippen molar-refractivity contribution >= 4 is 5.97 Å². The number of aromatic nitrogens is 2. The third-order valence-corrected chi connectivity index (χ3v) is 5.41. The molecule has 4 rings (SSSR count). The van der Waals surface area contributed by atoms with Crippen LogP contribution in [-0.4, -0.2) is 32.5 Å². The number of nitrogens with zero attached hydrogens (tertiary/aromatic N) is 3. The molecule has 5 nitrogen and oxygen atoms in total. The van der Waals surface area contributed by atoms with E-state index in [0.29, 0.717) is 11.6 Å². The molecule has 28 heavy (non-hydrogen) atoms. The molecule has 0 saturated carbocycles. The molecular weight excluding hydrogens is 350 g/mol. The van der Waals surface area contributed by atoms with E-state index in [4.69, 9.17) is 0 Å². The molecule has 1 fully saturated rings. The first-order valence-corrected chi connectivity index (χ1v) is 9.56. The van der Waals surface area contributed by atoms with Crippen LogP contribution in [0, 0.1) is 6.92 Å². The van der Waals surface area contributed by atoms with E-state index in [-0.39, 0.29) is 0 Å². The van der Waals surface area contributed by atoms with Crippen LogP contribution in [0.4, 0.5) is 0 Å². The number of benzene rings is 2. The van der Waals surface area contributed by atoms with Gasteiger partial charge in [0.05, 0.1) is 23.0 Å². The lowest BCUT2D eigenvalue weighted by molar-refractivity contribution is 0.0697. The van der Waals surface area contributed by atoms with Gasteiger partial charge in [-0.25, -0.2) is 4.79 Å². The lowest BCUT2D eigenvalue weighted by Gasteiger charge is -2.25. The molecule has 0 radical (unpaired) electrons. The molecule has 1 aromatic heterocycles. The lowest BCUT2D eigenvalue weighted by atomic mass is 9.98. The van der Waals surface area contributed by atoms with Crippen molar-refractivity contribution in [2.45, 2.75) is 32.4 Å². The van der Waals surface area contributed by atoms with Gasteiger partial charge < -0.3 is 5.11 Å². The standard InChI is InChI=1S/C23H23N3O2/c1-16-22(25-13-12-24-16)21-7-4-14-26(21)15-17-8-10-18(11-9-17)19-5-2-3-6-20(19)23(27)28/h2-3,5-6,8-13,21H,4,7,14-15H2,1H3,(H,27,28). The average Bonchev–Trinajstić information content (AvgIpc) is 3.17. The maximum absolute atomic E-state index is 11.5. The molecule has 2 aromatic carbocycles. The normalized spacial score (nSPS) is 17.0. The maximum atomic E-state index is 11.5. The summed E-state index contributed by atoms with van der Waals surface area (Å²) >= 11 is 0. The molecule has 0 aliphatic carbocycles. The van der Waals surface area contributed by atoms with E-state index in [1.165, 1.54) is 5.56 Å². The molecule has 0 amide bonds. The Balaban J connectivity index is 1.54. The Morgan fingerprint density at radius 1 is 1.11 bits per heavy atom. The van der Waals surface area contributed by atoms with E-state index in [1.54, 1.807) is 24.5 Å². The molecular formula is C23H23N3O2. The average molecular weight is 373 g/mol. The van der Waals surface area contributed by atoms with Gasteiger partial charge in [0.1, 0.15) is 0 Å². The van der Waals surface area contributed by atoms with Crippen LogP contribution in [0.15, 0.2) is 60.9 Å². The summed E-state index contributed by atoms with van der Waals surface area (Å²) in [7, 11) is 0. The molecule has 1 aliphatic heterocycles. The van der Waals surface area contributed by atoms with Crippen LogP contribution >= 0.6 is 0 Å². The predicted molar refractivity (Wildman–Crippen MR) is 108 cm³/mol. The van der Waals surface area contributed by atoms with Gasteiger partial charge in [-0.05, 0) is 49.1 Å². The SMILES string of the molecule is Cc1nccnc1C1CCCN1Cc1ccc(-c2ccccc2C(=O)O)cc1. The van der Waals surface area contributed by atoms with Crippen molar-refractivity contribution < 1.29 is 9.90 Å². The summed E-state index contributed by atoms with van der Waals surface area (Å²) in [6, 6.07) is 15.6. The molecule has 5 heteroatoms. The van der Waals surface area contributed by atoms with Crippen molar-refractivity contribution in [3.8, 4) is 11.1 Å². The molecule has 1 saturated heterocycles. The molecule has 1 unspecified atom stereocenters. The van der Waals surface area contributed by atoms with Crippen molar-refractivity contribution in [2.24, 2.45) is 0 Å². The van der Waals surface area contributed by atoms with Gasteiger partial charge >= 0.3 is 5.97 Å². The van der Waals surface area contributed by atoms with Crippen LogP contribution in [0.3, 0.4) is 0 Å². The number of aromatic carboxylic acids is 1. The van der Waals surface area contributed by atoms with Crippen molar-refractivity contribution in [3.63, 3.8) is 0 Å². The van der Waals surface area contributed by atoms with E-state index in [9.17, 15) is 9.90 Å². The largest absolute Gasteiger partial charge is 0.478 e. The fourth-order valence-electron chi connectivity index (χ4n) is 4.02. The van der Waals surface area contributed by atoms with Crippen molar-refractivity contribution in [1.29, 1.82) is 0 Å². The minimum absolute atomic E-state index is 0.307. The first-order valence-electron chi connectivity index (χ1n) is 9.56. The molecule has 142 valence electrons. The number of carboxylic acids is 1. The monoisotopic (exact) mass is 373 g/mol. The summed E-state index contributed by atoms with van der Waals surface area (Å²) < 4.78 is 0. The first kappa shape index (κ1) is 18.3. The van der Waals surface area contributed by atoms with Crippen LogP contribution in [0.1, 0.15) is 46.2 Å². The molecule has 3 aromatic rings. The summed E-state index contributed by atoms with van der Waals surface area (Å²) in [4.78, 5) is 22.9. The Labute approximate surface area is 164 Å². The third-order valence-electron chi connectivity index (χ3n) is 5.41. The quantitative estimate of drug-likeness (QED) is 0.714. The Bertz CT molecular complexity index is 985. The highest BCUT2D eigenvalue weighted by Gasteiger charge is 2.28. The van der Waals surface area contributed by atoms with Crippen molar-refractivity contribution in [2.75, 3.05) is 6.54 Å². The zero-order valence-electron chi connectivity index (χ0n) is 15.9. The second-order valence-electron chi connectivity index (χ2n) is 7.20. The molecule has 2 heterocycles. The van der Waals surface area contributed by atoms with Crippen LogP contribution < -0.4 is 0 Å². The third kappa shape index (κ3) is 3.66. The van der Waals surface area contributed by atoms with Gasteiger partial charge in [0.25, 0.3) is 0 Å². The highest BCUT2D eigenvalue weighted by molar-refractivity contribution is 5.95. The van der Waals surface area contributed by atoms with E-state index in [2.05, 4.69) is 27.0 Å². The number of aryl methyl sites for hydroxylation is 1. The number of hydrogen-bond donors (Lipinski definition) is 1. The zero-order chi connectivity index (χ0) is 19.5. The smallest absolute Gasteiger partial charge is 0.336 e. The summed E-state index contributed by atoms with van der Waals surface area (Å²) in [5, 5.41) is 9.41. The Morgan fingerprint density at radius 2 is 1.86 bits per heavy atom. The van der Waals surface area contributed by atoms with Gasteiger partial charge in [-0.3, -0.25) is 14.9 Å². The van der Waals surface area contributed by atoms with Gasteiger partial charge in [0.15, 0.2) is 0 Å².